The summed E-state index contributed by atoms with van der Waals surface area (Å²) in [6.45, 7) is 10.0. The van der Waals surface area contributed by atoms with Crippen molar-refractivity contribution < 1.29 is 33.4 Å². The van der Waals surface area contributed by atoms with Gasteiger partial charge in [0.05, 0.1) is 35.9 Å². The van der Waals surface area contributed by atoms with Gasteiger partial charge in [-0.25, -0.2) is 0 Å². The Morgan fingerprint density at radius 1 is 0.914 bits per heavy atom. The number of ether oxygens (including phenoxy) is 3. The summed E-state index contributed by atoms with van der Waals surface area (Å²) >= 11 is 0. The largest absolute Gasteiger partial charge is 0.469 e. The summed E-state index contributed by atoms with van der Waals surface area (Å²) < 4.78 is 14.9. The maximum Gasteiger partial charge on any atom is 0.318 e. The molecule has 0 radical (unpaired) electrons. The summed E-state index contributed by atoms with van der Waals surface area (Å²) in [5.74, 6) is -4.43. The quantitative estimate of drug-likeness (QED) is 0.306. The lowest BCUT2D eigenvalue weighted by Gasteiger charge is -2.34. The van der Waals surface area contributed by atoms with Crippen LogP contribution in [0, 0.1) is 22.7 Å². The van der Waals surface area contributed by atoms with Crippen LogP contribution in [0.15, 0.2) is 48.5 Å². The molecule has 0 saturated carbocycles. The number of esters is 4. The molecule has 1 saturated heterocycles. The highest BCUT2D eigenvalue weighted by Gasteiger charge is 2.58. The zero-order valence-electron chi connectivity index (χ0n) is 21.6. The molecule has 2 aromatic rings. The summed E-state index contributed by atoms with van der Waals surface area (Å²) in [6, 6.07) is 16.7. The normalized spacial score (nSPS) is 19.4. The molecule has 3 unspecified atom stereocenters. The third kappa shape index (κ3) is 6.47. The van der Waals surface area contributed by atoms with E-state index < -0.39 is 46.5 Å². The second-order valence-electron chi connectivity index (χ2n) is 9.98. The molecule has 3 rings (SSSR count). The van der Waals surface area contributed by atoms with E-state index in [9.17, 15) is 19.2 Å². The van der Waals surface area contributed by atoms with E-state index in [-0.39, 0.29) is 12.5 Å². The molecular weight excluding hydrogens is 448 g/mol. The maximum atomic E-state index is 12.6. The van der Waals surface area contributed by atoms with Crippen molar-refractivity contribution in [1.29, 1.82) is 0 Å². The minimum Gasteiger partial charge on any atom is -0.469 e. The molecule has 190 valence electrons. The van der Waals surface area contributed by atoms with Gasteiger partial charge in [0.2, 0.25) is 0 Å². The first-order chi connectivity index (χ1) is 16.4. The fourth-order valence-electron chi connectivity index (χ4n) is 4.33. The van der Waals surface area contributed by atoms with E-state index in [4.69, 9.17) is 14.2 Å². The van der Waals surface area contributed by atoms with Crippen LogP contribution in [0.3, 0.4) is 0 Å². The van der Waals surface area contributed by atoms with Crippen LogP contribution in [0.5, 0.6) is 0 Å². The second kappa shape index (κ2) is 11.5. The molecule has 0 bridgehead atoms. The van der Waals surface area contributed by atoms with Crippen LogP contribution in [0.1, 0.15) is 54.4 Å². The van der Waals surface area contributed by atoms with Crippen LogP contribution in [0.25, 0.3) is 10.8 Å². The number of carbonyl (C=O) groups excluding carboxylic acids is 4. The molecule has 0 aromatic heterocycles. The molecule has 7 nitrogen and oxygen atoms in total. The van der Waals surface area contributed by atoms with Crippen molar-refractivity contribution in [3.8, 4) is 0 Å². The Bertz CT molecular complexity index is 1010. The average molecular weight is 485 g/mol. The SMILES string of the molecule is CCC(C)(C(=O)OC(C)C)C1C(=O)OC(=O)C1CC(C)(C)C(=O)OC.c1ccc2ccccc2c1. The zero-order chi connectivity index (χ0) is 26.4. The first-order valence-electron chi connectivity index (χ1n) is 11.9. The van der Waals surface area contributed by atoms with Crippen molar-refractivity contribution >= 4 is 34.6 Å². The molecule has 35 heavy (non-hydrogen) atoms. The lowest BCUT2D eigenvalue weighted by Crippen LogP contribution is -2.44. The number of benzene rings is 2. The number of methoxy groups -OCH3 is 1. The zero-order valence-corrected chi connectivity index (χ0v) is 21.6. The Morgan fingerprint density at radius 3 is 1.80 bits per heavy atom. The fourth-order valence-corrected chi connectivity index (χ4v) is 4.33. The van der Waals surface area contributed by atoms with Crippen molar-refractivity contribution in [2.24, 2.45) is 22.7 Å². The Kier molecular flexibility index (Phi) is 9.18. The first-order valence-corrected chi connectivity index (χ1v) is 11.9. The van der Waals surface area contributed by atoms with Gasteiger partial charge in [0.15, 0.2) is 0 Å². The standard InChI is InChI=1S/C18H28O7.C10H8/c1-8-18(6,16(22)24-10(2)3)12-11(13(19)25-14(12)20)9-17(4,5)15(21)23-7;1-2-6-10-8-4-3-7-9(10)5-1/h10-12H,8-9H2,1-7H3;1-8H. The molecule has 0 N–H and O–H groups in total. The maximum absolute atomic E-state index is 12.6. The van der Waals surface area contributed by atoms with Gasteiger partial charge in [-0.05, 0) is 58.2 Å². The highest BCUT2D eigenvalue weighted by molar-refractivity contribution is 6.00. The number of fused-ring (bicyclic) bond motifs is 1. The van der Waals surface area contributed by atoms with E-state index in [1.807, 2.05) is 0 Å². The van der Waals surface area contributed by atoms with Gasteiger partial charge in [-0.2, -0.15) is 0 Å². The predicted molar refractivity (Wildman–Crippen MR) is 132 cm³/mol. The molecule has 1 aliphatic rings. The van der Waals surface area contributed by atoms with E-state index in [2.05, 4.69) is 48.5 Å². The van der Waals surface area contributed by atoms with Crippen LogP contribution in [-0.2, 0) is 33.4 Å². The second-order valence-corrected chi connectivity index (χ2v) is 9.98. The summed E-state index contributed by atoms with van der Waals surface area (Å²) in [5.41, 5.74) is -2.22. The van der Waals surface area contributed by atoms with Crippen molar-refractivity contribution in [1.82, 2.24) is 0 Å². The summed E-state index contributed by atoms with van der Waals surface area (Å²) in [7, 11) is 1.26. The molecule has 0 amide bonds. The number of cyclic esters (lactones) is 2. The summed E-state index contributed by atoms with van der Waals surface area (Å²) in [5, 5.41) is 2.62. The van der Waals surface area contributed by atoms with Crippen molar-refractivity contribution in [2.45, 2.75) is 60.5 Å². The highest BCUT2D eigenvalue weighted by atomic mass is 16.6. The van der Waals surface area contributed by atoms with Gasteiger partial charge in [-0.15, -0.1) is 0 Å². The van der Waals surface area contributed by atoms with Gasteiger partial charge in [0.1, 0.15) is 0 Å². The van der Waals surface area contributed by atoms with Crippen molar-refractivity contribution in [3.05, 3.63) is 48.5 Å². The number of hydrogen-bond donors (Lipinski definition) is 0. The van der Waals surface area contributed by atoms with E-state index in [0.717, 1.165) is 0 Å². The Labute approximate surface area is 207 Å². The average Bonchev–Trinajstić information content (AvgIpc) is 3.10. The van der Waals surface area contributed by atoms with Crippen LogP contribution in [0.4, 0.5) is 0 Å². The summed E-state index contributed by atoms with van der Waals surface area (Å²) in [6.07, 6.45) is -0.0170. The van der Waals surface area contributed by atoms with Gasteiger partial charge in [-0.1, -0.05) is 55.5 Å². The smallest absolute Gasteiger partial charge is 0.318 e. The lowest BCUT2D eigenvalue weighted by molar-refractivity contribution is -0.168. The van der Waals surface area contributed by atoms with Gasteiger partial charge >= 0.3 is 23.9 Å². The van der Waals surface area contributed by atoms with E-state index in [1.165, 1.54) is 17.9 Å². The van der Waals surface area contributed by atoms with Gasteiger partial charge in [-0.3, -0.25) is 19.2 Å². The molecular formula is C28H36O7. The molecule has 0 aliphatic carbocycles. The molecule has 1 aliphatic heterocycles. The van der Waals surface area contributed by atoms with Crippen molar-refractivity contribution in [3.63, 3.8) is 0 Å². The van der Waals surface area contributed by atoms with Crippen LogP contribution in [-0.4, -0.2) is 37.1 Å². The van der Waals surface area contributed by atoms with E-state index in [0.29, 0.717) is 6.42 Å². The summed E-state index contributed by atoms with van der Waals surface area (Å²) in [4.78, 5) is 49.2. The van der Waals surface area contributed by atoms with Gasteiger partial charge in [0.25, 0.3) is 0 Å². The molecule has 0 spiro atoms. The van der Waals surface area contributed by atoms with E-state index in [1.54, 1.807) is 41.5 Å². The number of hydrogen-bond acceptors (Lipinski definition) is 7. The molecule has 3 atom stereocenters. The lowest BCUT2D eigenvalue weighted by atomic mass is 9.66. The van der Waals surface area contributed by atoms with Crippen molar-refractivity contribution in [2.75, 3.05) is 7.11 Å². The topological polar surface area (TPSA) is 96.0 Å². The monoisotopic (exact) mass is 484 g/mol. The highest BCUT2D eigenvalue weighted by Crippen LogP contribution is 2.46. The molecule has 7 heteroatoms. The minimum atomic E-state index is -1.22. The number of rotatable bonds is 7. The Balaban J connectivity index is 0.000000353. The van der Waals surface area contributed by atoms with Crippen LogP contribution in [0.2, 0.25) is 0 Å². The fraction of sp³-hybridized carbons (Fsp3) is 0.500. The minimum absolute atomic E-state index is 0.0411. The van der Waals surface area contributed by atoms with Crippen LogP contribution >= 0.6 is 0 Å². The van der Waals surface area contributed by atoms with Gasteiger partial charge < -0.3 is 14.2 Å². The Morgan fingerprint density at radius 2 is 1.40 bits per heavy atom. The van der Waals surface area contributed by atoms with Crippen LogP contribution < -0.4 is 0 Å². The third-order valence-electron chi connectivity index (χ3n) is 6.52. The predicted octanol–water partition coefficient (Wildman–Crippen LogP) is 5.10. The van der Waals surface area contributed by atoms with Gasteiger partial charge in [0, 0.05) is 0 Å². The molecule has 1 fully saturated rings. The van der Waals surface area contributed by atoms with E-state index >= 15 is 0 Å². The third-order valence-corrected chi connectivity index (χ3v) is 6.52. The Hall–Kier alpha value is -3.22. The number of carbonyl (C=O) groups is 4. The first kappa shape index (κ1) is 28.0. The molecule has 2 aromatic carbocycles. The molecule has 1 heterocycles.